The highest BCUT2D eigenvalue weighted by Crippen LogP contribution is 2.22. The molecule has 0 heterocycles. The molecule has 96 valence electrons. The molecule has 0 spiro atoms. The van der Waals surface area contributed by atoms with Crippen molar-refractivity contribution in [3.63, 3.8) is 0 Å². The number of halogens is 5. The minimum Gasteiger partial charge on any atom is -0.475 e. The Bertz CT molecular complexity index is 227. The summed E-state index contributed by atoms with van der Waals surface area (Å²) in [5, 5.41) is 7.12. The molecule has 1 aliphatic rings. The van der Waals surface area contributed by atoms with E-state index in [1.54, 1.807) is 0 Å². The Hall–Kier alpha value is -0.960. The van der Waals surface area contributed by atoms with Crippen molar-refractivity contribution in [2.45, 2.75) is 37.8 Å². The van der Waals surface area contributed by atoms with Crippen molar-refractivity contribution >= 4 is 5.97 Å². The predicted molar refractivity (Wildman–Crippen MR) is 41.8 cm³/mol. The van der Waals surface area contributed by atoms with E-state index in [0.29, 0.717) is 12.8 Å². The van der Waals surface area contributed by atoms with E-state index >= 15 is 0 Å². The van der Waals surface area contributed by atoms with Gasteiger partial charge in [0.2, 0.25) is 0 Å². The molecule has 16 heavy (non-hydrogen) atoms. The van der Waals surface area contributed by atoms with Gasteiger partial charge in [0.15, 0.2) is 0 Å². The Kier molecular flexibility index (Phi) is 5.59. The largest absolute Gasteiger partial charge is 0.490 e. The van der Waals surface area contributed by atoms with Crippen LogP contribution in [0.25, 0.3) is 0 Å². The first-order chi connectivity index (χ1) is 7.12. The van der Waals surface area contributed by atoms with Crippen LogP contribution in [0.15, 0.2) is 0 Å². The first-order valence-electron chi connectivity index (χ1n) is 4.12. The summed E-state index contributed by atoms with van der Waals surface area (Å²) in [5.74, 6) is -2.76. The molecule has 9 heteroatoms. The van der Waals surface area contributed by atoms with Crippen molar-refractivity contribution in [3.8, 4) is 0 Å². The van der Waals surface area contributed by atoms with Gasteiger partial charge in [0.25, 0.3) is 0 Å². The molecule has 1 rings (SSSR count). The summed E-state index contributed by atoms with van der Waals surface area (Å²) < 4.78 is 58.6. The van der Waals surface area contributed by atoms with E-state index in [-0.39, 0.29) is 12.1 Å². The number of nitrogens with two attached hydrogens (primary N) is 1. The molecule has 0 aromatic carbocycles. The Balaban J connectivity index is 0.000000293. The second-order valence-corrected chi connectivity index (χ2v) is 3.05. The van der Waals surface area contributed by atoms with Crippen LogP contribution >= 0.6 is 0 Å². The normalized spacial score (nSPS) is 24.4. The number of ether oxygens (including phenoxy) is 1. The Morgan fingerprint density at radius 3 is 1.94 bits per heavy atom. The lowest BCUT2D eigenvalue weighted by Gasteiger charge is -2.31. The molecule has 0 saturated heterocycles. The second-order valence-electron chi connectivity index (χ2n) is 3.05. The molecular formula is C7H10F5NO3. The van der Waals surface area contributed by atoms with Gasteiger partial charge in [0.05, 0.1) is 6.10 Å². The smallest absolute Gasteiger partial charge is 0.475 e. The lowest BCUT2D eigenvalue weighted by molar-refractivity contribution is -0.192. The van der Waals surface area contributed by atoms with Crippen LogP contribution in [0.3, 0.4) is 0 Å². The molecule has 1 saturated carbocycles. The quantitative estimate of drug-likeness (QED) is 0.726. The highest BCUT2D eigenvalue weighted by atomic mass is 19.4. The number of alkyl halides is 5. The van der Waals surface area contributed by atoms with Gasteiger partial charge >= 0.3 is 18.8 Å². The topological polar surface area (TPSA) is 72.5 Å². The molecule has 4 nitrogen and oxygen atoms in total. The van der Waals surface area contributed by atoms with Crippen molar-refractivity contribution < 1.29 is 36.6 Å². The molecule has 0 atom stereocenters. The fraction of sp³-hybridized carbons (Fsp3) is 0.857. The Labute approximate surface area is 87.2 Å². The highest BCUT2D eigenvalue weighted by Gasteiger charge is 2.38. The summed E-state index contributed by atoms with van der Waals surface area (Å²) in [5.41, 5.74) is 5.32. The molecule has 0 aliphatic heterocycles. The third kappa shape index (κ3) is 6.51. The van der Waals surface area contributed by atoms with Crippen LogP contribution in [-0.2, 0) is 9.53 Å². The first-order valence-corrected chi connectivity index (χ1v) is 4.12. The van der Waals surface area contributed by atoms with E-state index in [1.165, 1.54) is 0 Å². The van der Waals surface area contributed by atoms with Crippen molar-refractivity contribution in [1.29, 1.82) is 0 Å². The fourth-order valence-electron chi connectivity index (χ4n) is 0.863. The maximum atomic E-state index is 11.4. The molecule has 0 aromatic rings. The SMILES string of the molecule is N[C@H]1C[C@@H](OC(F)F)C1.O=C(O)C(F)(F)F. The summed E-state index contributed by atoms with van der Waals surface area (Å²) in [6, 6.07) is 0.0775. The molecular weight excluding hydrogens is 241 g/mol. The average Bonchev–Trinajstić information content (AvgIpc) is 1.99. The zero-order chi connectivity index (χ0) is 12.9. The summed E-state index contributed by atoms with van der Waals surface area (Å²) in [6.45, 7) is -2.64. The van der Waals surface area contributed by atoms with Crippen molar-refractivity contribution in [3.05, 3.63) is 0 Å². The molecule has 0 amide bonds. The second kappa shape index (κ2) is 5.94. The molecule has 0 radical (unpaired) electrons. The van der Waals surface area contributed by atoms with Crippen LogP contribution < -0.4 is 5.73 Å². The molecule has 3 N–H and O–H groups in total. The van der Waals surface area contributed by atoms with Gasteiger partial charge in [0, 0.05) is 6.04 Å². The van der Waals surface area contributed by atoms with Crippen molar-refractivity contribution in [2.24, 2.45) is 5.73 Å². The number of carboxylic acid groups (broad SMARTS) is 1. The first kappa shape index (κ1) is 15.0. The van der Waals surface area contributed by atoms with Crippen molar-refractivity contribution in [1.82, 2.24) is 0 Å². The van der Waals surface area contributed by atoms with Crippen LogP contribution in [0, 0.1) is 0 Å². The minimum absolute atomic E-state index is 0.0775. The maximum Gasteiger partial charge on any atom is 0.490 e. The monoisotopic (exact) mass is 251 g/mol. The van der Waals surface area contributed by atoms with Gasteiger partial charge in [0.1, 0.15) is 0 Å². The lowest BCUT2D eigenvalue weighted by atomic mass is 9.90. The Morgan fingerprint density at radius 1 is 1.38 bits per heavy atom. The number of carboxylic acids is 1. The molecule has 1 aliphatic carbocycles. The van der Waals surface area contributed by atoms with E-state index in [2.05, 4.69) is 4.74 Å². The number of hydrogen-bond acceptors (Lipinski definition) is 3. The fourth-order valence-corrected chi connectivity index (χ4v) is 0.863. The molecule has 0 bridgehead atoms. The van der Waals surface area contributed by atoms with Crippen LogP contribution in [0.2, 0.25) is 0 Å². The van der Waals surface area contributed by atoms with Gasteiger partial charge in [-0.05, 0) is 12.8 Å². The standard InChI is InChI=1S/C5H9F2NO.C2HF3O2/c6-5(7)9-4-1-3(8)2-4;3-2(4,5)1(6)7/h3-5H,1-2,8H2;(H,6,7)/t3-,4+;. The lowest BCUT2D eigenvalue weighted by Crippen LogP contribution is -2.42. The summed E-state index contributed by atoms with van der Waals surface area (Å²) in [6.07, 6.45) is -4.23. The van der Waals surface area contributed by atoms with E-state index in [0.717, 1.165) is 0 Å². The zero-order valence-corrected chi connectivity index (χ0v) is 7.88. The van der Waals surface area contributed by atoms with Crippen LogP contribution in [0.4, 0.5) is 22.0 Å². The number of hydrogen-bond donors (Lipinski definition) is 2. The molecule has 0 unspecified atom stereocenters. The predicted octanol–water partition coefficient (Wildman–Crippen LogP) is 1.35. The van der Waals surface area contributed by atoms with E-state index in [1.807, 2.05) is 0 Å². The maximum absolute atomic E-state index is 11.4. The van der Waals surface area contributed by atoms with Crippen LogP contribution in [-0.4, -0.2) is 36.0 Å². The molecule has 1 fully saturated rings. The number of rotatable bonds is 2. The van der Waals surface area contributed by atoms with Gasteiger partial charge in [-0.2, -0.15) is 22.0 Å². The van der Waals surface area contributed by atoms with Crippen LogP contribution in [0.1, 0.15) is 12.8 Å². The van der Waals surface area contributed by atoms with E-state index in [9.17, 15) is 22.0 Å². The van der Waals surface area contributed by atoms with Gasteiger partial charge in [-0.3, -0.25) is 0 Å². The minimum atomic E-state index is -5.08. The summed E-state index contributed by atoms with van der Waals surface area (Å²) in [4.78, 5) is 8.90. The third-order valence-electron chi connectivity index (χ3n) is 1.67. The molecule has 0 aromatic heterocycles. The van der Waals surface area contributed by atoms with Crippen molar-refractivity contribution in [2.75, 3.05) is 0 Å². The van der Waals surface area contributed by atoms with Gasteiger partial charge in [-0.25, -0.2) is 4.79 Å². The summed E-state index contributed by atoms with van der Waals surface area (Å²) >= 11 is 0. The zero-order valence-electron chi connectivity index (χ0n) is 7.88. The third-order valence-corrected chi connectivity index (χ3v) is 1.67. The average molecular weight is 251 g/mol. The highest BCUT2D eigenvalue weighted by molar-refractivity contribution is 5.73. The van der Waals surface area contributed by atoms with Gasteiger partial charge in [-0.15, -0.1) is 0 Å². The van der Waals surface area contributed by atoms with Crippen LogP contribution in [0.5, 0.6) is 0 Å². The van der Waals surface area contributed by atoms with E-state index in [4.69, 9.17) is 15.6 Å². The number of carbonyl (C=O) groups is 1. The van der Waals surface area contributed by atoms with E-state index < -0.39 is 18.8 Å². The van der Waals surface area contributed by atoms with Gasteiger partial charge in [-0.1, -0.05) is 0 Å². The Morgan fingerprint density at radius 2 is 1.75 bits per heavy atom. The van der Waals surface area contributed by atoms with Gasteiger partial charge < -0.3 is 15.6 Å². The summed E-state index contributed by atoms with van der Waals surface area (Å²) in [7, 11) is 0. The number of aliphatic carboxylic acids is 1.